The first-order valence-corrected chi connectivity index (χ1v) is 8.64. The number of carbonyl (C=O) groups is 3. The van der Waals surface area contributed by atoms with Crippen molar-refractivity contribution < 1.29 is 19.1 Å². The summed E-state index contributed by atoms with van der Waals surface area (Å²) in [5.41, 5.74) is 0.833. The third kappa shape index (κ3) is 3.92. The van der Waals surface area contributed by atoms with Gasteiger partial charge in [-0.1, -0.05) is 12.1 Å². The number of carbonyl (C=O) groups excluding carboxylic acids is 3. The molecule has 5 nitrogen and oxygen atoms in total. The van der Waals surface area contributed by atoms with Crippen LogP contribution in [0.2, 0.25) is 0 Å². The molecule has 1 fully saturated rings. The fourth-order valence-corrected chi connectivity index (χ4v) is 3.07. The number of nitrogens with zero attached hydrogens (tertiary/aromatic N) is 1. The van der Waals surface area contributed by atoms with Crippen molar-refractivity contribution in [1.29, 1.82) is 0 Å². The van der Waals surface area contributed by atoms with Crippen molar-refractivity contribution in [2.24, 2.45) is 0 Å². The van der Waals surface area contributed by atoms with Gasteiger partial charge < -0.3 is 4.74 Å². The molecule has 1 aromatic carbocycles. The Morgan fingerprint density at radius 2 is 2.00 bits per heavy atom. The number of imide groups is 1. The van der Waals surface area contributed by atoms with E-state index in [0.29, 0.717) is 4.91 Å². The van der Waals surface area contributed by atoms with Gasteiger partial charge in [0.15, 0.2) is 0 Å². The van der Waals surface area contributed by atoms with E-state index in [1.165, 1.54) is 0 Å². The van der Waals surface area contributed by atoms with Crippen LogP contribution in [-0.2, 0) is 14.3 Å². The molecular weight excluding hydrogens is 322 g/mol. The number of esters is 1. The van der Waals surface area contributed by atoms with E-state index >= 15 is 0 Å². The van der Waals surface area contributed by atoms with Crippen LogP contribution in [0, 0.1) is 0 Å². The Labute approximate surface area is 137 Å². The van der Waals surface area contributed by atoms with Crippen LogP contribution in [0.4, 0.5) is 4.79 Å². The molecule has 1 heterocycles. The summed E-state index contributed by atoms with van der Waals surface area (Å²) in [4.78, 5) is 37.8. The number of rotatable bonds is 5. The van der Waals surface area contributed by atoms with Gasteiger partial charge in [0, 0.05) is 4.90 Å². The standard InChI is InChI=1S/C15H15NO4S2/c1-3-20-13(17)9-16-14(18)12(22-15(16)19)8-10-4-6-11(21-2)7-5-10/h4-8H,3,9H2,1-2H3. The topological polar surface area (TPSA) is 63.7 Å². The molecule has 0 saturated carbocycles. The van der Waals surface area contributed by atoms with E-state index in [0.717, 1.165) is 27.1 Å². The highest BCUT2D eigenvalue weighted by Gasteiger charge is 2.36. The first-order valence-electron chi connectivity index (χ1n) is 6.60. The summed E-state index contributed by atoms with van der Waals surface area (Å²) in [5, 5.41) is -0.454. The second kappa shape index (κ2) is 7.51. The Morgan fingerprint density at radius 3 is 2.59 bits per heavy atom. The van der Waals surface area contributed by atoms with E-state index in [2.05, 4.69) is 0 Å². The lowest BCUT2D eigenvalue weighted by Gasteiger charge is -2.10. The van der Waals surface area contributed by atoms with Crippen LogP contribution < -0.4 is 0 Å². The molecular formula is C15H15NO4S2. The lowest BCUT2D eigenvalue weighted by Crippen LogP contribution is -2.34. The number of amides is 2. The smallest absolute Gasteiger partial charge is 0.326 e. The van der Waals surface area contributed by atoms with Gasteiger partial charge in [0.1, 0.15) is 6.54 Å². The van der Waals surface area contributed by atoms with E-state index in [-0.39, 0.29) is 13.2 Å². The number of hydrogen-bond donors (Lipinski definition) is 0. The van der Waals surface area contributed by atoms with Crippen LogP contribution in [0.15, 0.2) is 34.1 Å². The molecule has 0 radical (unpaired) electrons. The predicted molar refractivity (Wildman–Crippen MR) is 87.5 cm³/mol. The second-order valence-electron chi connectivity index (χ2n) is 4.35. The Hall–Kier alpha value is -1.73. The summed E-state index contributed by atoms with van der Waals surface area (Å²) < 4.78 is 4.76. The molecule has 7 heteroatoms. The summed E-state index contributed by atoms with van der Waals surface area (Å²) in [5.74, 6) is -1.05. The fraction of sp³-hybridized carbons (Fsp3) is 0.267. The van der Waals surface area contributed by atoms with Crippen molar-refractivity contribution in [3.05, 3.63) is 34.7 Å². The van der Waals surface area contributed by atoms with Gasteiger partial charge in [-0.3, -0.25) is 19.3 Å². The molecule has 1 aliphatic rings. The van der Waals surface area contributed by atoms with Crippen molar-refractivity contribution in [2.45, 2.75) is 11.8 Å². The molecule has 0 aliphatic carbocycles. The van der Waals surface area contributed by atoms with Crippen LogP contribution in [0.3, 0.4) is 0 Å². The van der Waals surface area contributed by atoms with Crippen LogP contribution in [-0.4, -0.2) is 41.4 Å². The largest absolute Gasteiger partial charge is 0.465 e. The average Bonchev–Trinajstić information content (AvgIpc) is 2.76. The minimum atomic E-state index is -0.588. The van der Waals surface area contributed by atoms with E-state index < -0.39 is 17.1 Å². The summed E-state index contributed by atoms with van der Waals surface area (Å²) in [7, 11) is 0. The highest BCUT2D eigenvalue weighted by atomic mass is 32.2. The Bertz CT molecular complexity index is 625. The molecule has 1 saturated heterocycles. The second-order valence-corrected chi connectivity index (χ2v) is 6.22. The molecule has 22 heavy (non-hydrogen) atoms. The molecule has 0 atom stereocenters. The SMILES string of the molecule is CCOC(=O)CN1C(=O)SC(=Cc2ccc(SC)cc2)C1=O. The molecule has 2 amide bonds. The maximum Gasteiger partial charge on any atom is 0.326 e. The molecule has 1 aromatic rings. The van der Waals surface area contributed by atoms with Gasteiger partial charge in [0.05, 0.1) is 11.5 Å². The molecule has 116 valence electrons. The normalized spacial score (nSPS) is 16.5. The summed E-state index contributed by atoms with van der Waals surface area (Å²) in [6.45, 7) is 1.54. The maximum absolute atomic E-state index is 12.2. The predicted octanol–water partition coefficient (Wildman–Crippen LogP) is 3.01. The van der Waals surface area contributed by atoms with Gasteiger partial charge in [-0.05, 0) is 48.7 Å². The van der Waals surface area contributed by atoms with Gasteiger partial charge in [0.2, 0.25) is 0 Å². The summed E-state index contributed by atoms with van der Waals surface area (Å²) >= 11 is 2.46. The number of ether oxygens (including phenoxy) is 1. The van der Waals surface area contributed by atoms with E-state index in [9.17, 15) is 14.4 Å². The van der Waals surface area contributed by atoms with Crippen LogP contribution in [0.1, 0.15) is 12.5 Å². The molecule has 1 aliphatic heterocycles. The lowest BCUT2D eigenvalue weighted by atomic mass is 10.2. The van der Waals surface area contributed by atoms with E-state index in [1.54, 1.807) is 24.8 Å². The minimum Gasteiger partial charge on any atom is -0.465 e. The number of hydrogen-bond acceptors (Lipinski definition) is 6. The number of benzene rings is 1. The molecule has 0 aromatic heterocycles. The first-order chi connectivity index (χ1) is 10.5. The zero-order valence-corrected chi connectivity index (χ0v) is 13.8. The van der Waals surface area contributed by atoms with E-state index in [4.69, 9.17) is 4.74 Å². The van der Waals surface area contributed by atoms with Gasteiger partial charge in [-0.2, -0.15) is 0 Å². The van der Waals surface area contributed by atoms with E-state index in [1.807, 2.05) is 30.5 Å². The Morgan fingerprint density at radius 1 is 1.32 bits per heavy atom. The first kappa shape index (κ1) is 16.6. The van der Waals surface area contributed by atoms with Crippen LogP contribution >= 0.6 is 23.5 Å². The maximum atomic E-state index is 12.2. The van der Waals surface area contributed by atoms with Gasteiger partial charge >= 0.3 is 5.97 Å². The molecule has 0 N–H and O–H groups in total. The Balaban J connectivity index is 2.12. The molecule has 0 spiro atoms. The van der Waals surface area contributed by atoms with Crippen molar-refractivity contribution in [2.75, 3.05) is 19.4 Å². The lowest BCUT2D eigenvalue weighted by molar-refractivity contribution is -0.145. The third-order valence-corrected chi connectivity index (χ3v) is 4.53. The summed E-state index contributed by atoms with van der Waals surface area (Å²) in [6, 6.07) is 7.65. The van der Waals surface area contributed by atoms with Crippen molar-refractivity contribution in [1.82, 2.24) is 4.90 Å². The zero-order chi connectivity index (χ0) is 16.1. The minimum absolute atomic E-state index is 0.215. The highest BCUT2D eigenvalue weighted by molar-refractivity contribution is 8.18. The van der Waals surface area contributed by atoms with Crippen LogP contribution in [0.5, 0.6) is 0 Å². The third-order valence-electron chi connectivity index (χ3n) is 2.88. The monoisotopic (exact) mass is 337 g/mol. The molecule has 0 unspecified atom stereocenters. The van der Waals surface area contributed by atoms with Crippen molar-refractivity contribution >= 4 is 46.7 Å². The fourth-order valence-electron chi connectivity index (χ4n) is 1.82. The highest BCUT2D eigenvalue weighted by Crippen LogP contribution is 2.32. The molecule has 0 bridgehead atoms. The summed E-state index contributed by atoms with van der Waals surface area (Å²) in [6.07, 6.45) is 3.63. The van der Waals surface area contributed by atoms with Crippen molar-refractivity contribution in [3.8, 4) is 0 Å². The van der Waals surface area contributed by atoms with Crippen LogP contribution in [0.25, 0.3) is 6.08 Å². The quantitative estimate of drug-likeness (QED) is 0.467. The van der Waals surface area contributed by atoms with Gasteiger partial charge in [-0.15, -0.1) is 11.8 Å². The Kier molecular flexibility index (Phi) is 5.68. The average molecular weight is 337 g/mol. The zero-order valence-electron chi connectivity index (χ0n) is 12.2. The number of thioether (sulfide) groups is 2. The molecule has 2 rings (SSSR count). The van der Waals surface area contributed by atoms with Gasteiger partial charge in [0.25, 0.3) is 11.1 Å². The van der Waals surface area contributed by atoms with Gasteiger partial charge in [-0.25, -0.2) is 0 Å². The van der Waals surface area contributed by atoms with Crippen molar-refractivity contribution in [3.63, 3.8) is 0 Å².